The topological polar surface area (TPSA) is 77.1 Å². The zero-order valence-electron chi connectivity index (χ0n) is 9.20. The molecular formula is C11H11N3O3. The number of pyridine rings is 1. The van der Waals surface area contributed by atoms with Crippen LogP contribution < -0.4 is 5.43 Å². The lowest BCUT2D eigenvalue weighted by Gasteiger charge is -2.04. The summed E-state index contributed by atoms with van der Waals surface area (Å²) in [6.07, 6.45) is 6.41. The smallest absolute Gasteiger partial charge is 0.341 e. The summed E-state index contributed by atoms with van der Waals surface area (Å²) < 4.78 is 3.30. The van der Waals surface area contributed by atoms with Crippen molar-refractivity contribution in [3.63, 3.8) is 0 Å². The lowest BCUT2D eigenvalue weighted by molar-refractivity contribution is 0.0694. The first-order chi connectivity index (χ1) is 8.06. The molecule has 0 saturated heterocycles. The van der Waals surface area contributed by atoms with Crippen molar-refractivity contribution in [2.45, 2.75) is 6.54 Å². The molecule has 0 atom stereocenters. The van der Waals surface area contributed by atoms with Gasteiger partial charge in [-0.2, -0.15) is 5.10 Å². The van der Waals surface area contributed by atoms with E-state index >= 15 is 0 Å². The SMILES string of the molecule is Cn1cc(Cn2ccc(=O)c(C(=O)O)c2)cn1. The predicted octanol–water partition coefficient (Wildman–Crippen LogP) is 0.328. The molecule has 2 heterocycles. The minimum atomic E-state index is -1.21. The highest BCUT2D eigenvalue weighted by molar-refractivity contribution is 5.86. The van der Waals surface area contributed by atoms with Gasteiger partial charge in [0, 0.05) is 37.3 Å². The summed E-state index contributed by atoms with van der Waals surface area (Å²) in [5, 5.41) is 12.8. The van der Waals surface area contributed by atoms with Crippen molar-refractivity contribution in [3.8, 4) is 0 Å². The maximum Gasteiger partial charge on any atom is 0.341 e. The number of carbonyl (C=O) groups is 1. The van der Waals surface area contributed by atoms with Gasteiger partial charge in [-0.25, -0.2) is 4.79 Å². The van der Waals surface area contributed by atoms with Crippen LogP contribution in [0.2, 0.25) is 0 Å². The molecule has 0 aliphatic carbocycles. The van der Waals surface area contributed by atoms with Crippen molar-refractivity contribution in [2.24, 2.45) is 7.05 Å². The molecular weight excluding hydrogens is 222 g/mol. The van der Waals surface area contributed by atoms with Crippen molar-refractivity contribution >= 4 is 5.97 Å². The summed E-state index contributed by atoms with van der Waals surface area (Å²) in [7, 11) is 1.80. The molecule has 6 heteroatoms. The van der Waals surface area contributed by atoms with Gasteiger partial charge in [0.25, 0.3) is 0 Å². The van der Waals surface area contributed by atoms with E-state index in [0.29, 0.717) is 6.54 Å². The van der Waals surface area contributed by atoms with E-state index in [9.17, 15) is 9.59 Å². The number of rotatable bonds is 3. The Morgan fingerprint density at radius 3 is 2.82 bits per heavy atom. The Hall–Kier alpha value is -2.37. The molecule has 1 N–H and O–H groups in total. The number of hydrogen-bond acceptors (Lipinski definition) is 3. The molecule has 0 spiro atoms. The fraction of sp³-hybridized carbons (Fsp3) is 0.182. The maximum atomic E-state index is 11.3. The van der Waals surface area contributed by atoms with Crippen LogP contribution in [0.1, 0.15) is 15.9 Å². The van der Waals surface area contributed by atoms with Crippen molar-refractivity contribution in [1.29, 1.82) is 0 Å². The van der Waals surface area contributed by atoms with Crippen LogP contribution in [0, 0.1) is 0 Å². The van der Waals surface area contributed by atoms with Crippen LogP contribution >= 0.6 is 0 Å². The summed E-state index contributed by atoms with van der Waals surface area (Å²) >= 11 is 0. The van der Waals surface area contributed by atoms with Crippen LogP contribution in [0.15, 0.2) is 35.6 Å². The Balaban J connectivity index is 2.31. The van der Waals surface area contributed by atoms with E-state index in [0.717, 1.165) is 5.56 Å². The van der Waals surface area contributed by atoms with Gasteiger partial charge in [-0.05, 0) is 0 Å². The molecule has 0 unspecified atom stereocenters. The summed E-state index contributed by atoms with van der Waals surface area (Å²) in [6, 6.07) is 1.25. The fourth-order valence-corrected chi connectivity index (χ4v) is 1.55. The average molecular weight is 233 g/mol. The molecule has 0 aliphatic rings. The number of aromatic nitrogens is 3. The number of aromatic carboxylic acids is 1. The molecule has 88 valence electrons. The minimum Gasteiger partial charge on any atom is -0.477 e. The number of carboxylic acids is 1. The van der Waals surface area contributed by atoms with Gasteiger partial charge in [-0.15, -0.1) is 0 Å². The maximum absolute atomic E-state index is 11.3. The Morgan fingerprint density at radius 1 is 1.47 bits per heavy atom. The number of carboxylic acid groups (broad SMARTS) is 1. The number of aryl methyl sites for hydroxylation is 1. The largest absolute Gasteiger partial charge is 0.477 e. The van der Waals surface area contributed by atoms with Gasteiger partial charge in [0.2, 0.25) is 0 Å². The second-order valence-corrected chi connectivity index (χ2v) is 3.72. The molecule has 2 rings (SSSR count). The second-order valence-electron chi connectivity index (χ2n) is 3.72. The van der Waals surface area contributed by atoms with Gasteiger partial charge in [-0.3, -0.25) is 9.48 Å². The van der Waals surface area contributed by atoms with Crippen LogP contribution in [0.5, 0.6) is 0 Å². The zero-order chi connectivity index (χ0) is 12.4. The average Bonchev–Trinajstić information content (AvgIpc) is 2.66. The molecule has 0 fully saturated rings. The molecule has 0 amide bonds. The van der Waals surface area contributed by atoms with Crippen molar-refractivity contribution in [1.82, 2.24) is 14.3 Å². The van der Waals surface area contributed by atoms with Gasteiger partial charge in [0.1, 0.15) is 5.56 Å². The molecule has 0 bridgehead atoms. The first kappa shape index (κ1) is 11.1. The highest BCUT2D eigenvalue weighted by atomic mass is 16.4. The third kappa shape index (κ3) is 2.41. The highest BCUT2D eigenvalue weighted by Gasteiger charge is 2.08. The Labute approximate surface area is 96.7 Å². The first-order valence-corrected chi connectivity index (χ1v) is 4.97. The van der Waals surface area contributed by atoms with Crippen LogP contribution in [0.25, 0.3) is 0 Å². The molecule has 0 saturated carbocycles. The third-order valence-corrected chi connectivity index (χ3v) is 2.33. The monoisotopic (exact) mass is 233 g/mol. The highest BCUT2D eigenvalue weighted by Crippen LogP contribution is 2.01. The Morgan fingerprint density at radius 2 is 2.24 bits per heavy atom. The standard InChI is InChI=1S/C11H11N3O3/c1-13-5-8(4-12-13)6-14-3-2-10(15)9(7-14)11(16)17/h2-5,7H,6H2,1H3,(H,16,17). The van der Waals surface area contributed by atoms with Crippen molar-refractivity contribution < 1.29 is 9.90 Å². The van der Waals surface area contributed by atoms with E-state index in [1.54, 1.807) is 28.7 Å². The van der Waals surface area contributed by atoms with Crippen molar-refractivity contribution in [2.75, 3.05) is 0 Å². The summed E-state index contributed by atoms with van der Waals surface area (Å²) in [6.45, 7) is 0.481. The van der Waals surface area contributed by atoms with Crippen LogP contribution in [0.4, 0.5) is 0 Å². The first-order valence-electron chi connectivity index (χ1n) is 4.97. The van der Waals surface area contributed by atoms with E-state index in [1.165, 1.54) is 12.3 Å². The third-order valence-electron chi connectivity index (χ3n) is 2.33. The molecule has 0 aromatic carbocycles. The van der Waals surface area contributed by atoms with Crippen LogP contribution in [-0.4, -0.2) is 25.4 Å². The van der Waals surface area contributed by atoms with Gasteiger partial charge in [0.05, 0.1) is 12.7 Å². The summed E-state index contributed by atoms with van der Waals surface area (Å²) in [4.78, 5) is 22.1. The molecule has 0 aliphatic heterocycles. The van der Waals surface area contributed by atoms with E-state index in [1.807, 2.05) is 6.20 Å². The molecule has 2 aromatic heterocycles. The lowest BCUT2D eigenvalue weighted by Crippen LogP contribution is -2.16. The van der Waals surface area contributed by atoms with Crippen LogP contribution in [-0.2, 0) is 13.6 Å². The number of nitrogens with zero attached hydrogens (tertiary/aromatic N) is 3. The fourth-order valence-electron chi connectivity index (χ4n) is 1.55. The minimum absolute atomic E-state index is 0.226. The normalized spacial score (nSPS) is 10.4. The van der Waals surface area contributed by atoms with Crippen molar-refractivity contribution in [3.05, 3.63) is 52.2 Å². The summed E-state index contributed by atoms with van der Waals surface area (Å²) in [5.41, 5.74) is 0.226. The van der Waals surface area contributed by atoms with Gasteiger partial charge in [-0.1, -0.05) is 0 Å². The molecule has 17 heavy (non-hydrogen) atoms. The van der Waals surface area contributed by atoms with Crippen LogP contribution in [0.3, 0.4) is 0 Å². The van der Waals surface area contributed by atoms with E-state index < -0.39 is 11.4 Å². The van der Waals surface area contributed by atoms with Gasteiger partial charge >= 0.3 is 5.97 Å². The molecule has 6 nitrogen and oxygen atoms in total. The number of hydrogen-bond donors (Lipinski definition) is 1. The molecule has 2 aromatic rings. The Kier molecular flexibility index (Phi) is 2.78. The van der Waals surface area contributed by atoms with Gasteiger partial charge in [0.15, 0.2) is 5.43 Å². The van der Waals surface area contributed by atoms with E-state index in [2.05, 4.69) is 5.10 Å². The second kappa shape index (κ2) is 4.25. The quantitative estimate of drug-likeness (QED) is 0.828. The lowest BCUT2D eigenvalue weighted by atomic mass is 10.2. The van der Waals surface area contributed by atoms with E-state index in [-0.39, 0.29) is 5.56 Å². The Bertz CT molecular complexity index is 612. The van der Waals surface area contributed by atoms with Gasteiger partial charge < -0.3 is 9.67 Å². The zero-order valence-corrected chi connectivity index (χ0v) is 9.20. The molecule has 0 radical (unpaired) electrons. The summed E-state index contributed by atoms with van der Waals surface area (Å²) in [5.74, 6) is -1.21. The predicted molar refractivity (Wildman–Crippen MR) is 60.0 cm³/mol. The van der Waals surface area contributed by atoms with E-state index in [4.69, 9.17) is 5.11 Å².